The molecule has 0 aliphatic carbocycles. The molecular formula is C16H13NO3S. The molecule has 21 heavy (non-hydrogen) atoms. The first kappa shape index (κ1) is 14.9. The highest BCUT2D eigenvalue weighted by molar-refractivity contribution is 7.10. The maximum atomic E-state index is 8.97. The number of aliphatic hydroxyl groups excluding tert-OH is 1. The molecule has 0 aliphatic rings. The van der Waals surface area contributed by atoms with Crippen LogP contribution in [0.15, 0.2) is 29.6 Å². The van der Waals surface area contributed by atoms with Crippen molar-refractivity contribution in [3.63, 3.8) is 0 Å². The van der Waals surface area contributed by atoms with Crippen molar-refractivity contribution in [2.45, 2.75) is 6.61 Å². The summed E-state index contributed by atoms with van der Waals surface area (Å²) in [6.45, 7) is 0.183. The molecule has 0 unspecified atom stereocenters. The van der Waals surface area contributed by atoms with Crippen LogP contribution in [0.5, 0.6) is 11.5 Å². The molecule has 0 radical (unpaired) electrons. The van der Waals surface area contributed by atoms with Gasteiger partial charge in [0, 0.05) is 11.6 Å². The van der Waals surface area contributed by atoms with E-state index in [0.29, 0.717) is 23.7 Å². The van der Waals surface area contributed by atoms with E-state index in [4.69, 9.17) is 19.8 Å². The topological polar surface area (TPSA) is 62.5 Å². The van der Waals surface area contributed by atoms with Crippen LogP contribution in [0.3, 0.4) is 0 Å². The van der Waals surface area contributed by atoms with Gasteiger partial charge in [0.1, 0.15) is 24.7 Å². The van der Waals surface area contributed by atoms with Gasteiger partial charge in [-0.3, -0.25) is 0 Å². The summed E-state index contributed by atoms with van der Waals surface area (Å²) in [5, 5.41) is 19.6. The van der Waals surface area contributed by atoms with Crippen molar-refractivity contribution < 1.29 is 14.6 Å². The molecule has 1 aromatic carbocycles. The summed E-state index contributed by atoms with van der Waals surface area (Å²) in [6.07, 6.45) is 0. The zero-order valence-corrected chi connectivity index (χ0v) is 12.2. The number of benzene rings is 1. The van der Waals surface area contributed by atoms with Crippen LogP contribution in [0.25, 0.3) is 0 Å². The van der Waals surface area contributed by atoms with Gasteiger partial charge in [0.25, 0.3) is 0 Å². The molecule has 1 N–H and O–H groups in total. The fourth-order valence-corrected chi connectivity index (χ4v) is 2.43. The van der Waals surface area contributed by atoms with E-state index in [1.165, 1.54) is 11.3 Å². The Morgan fingerprint density at radius 3 is 2.81 bits per heavy atom. The van der Waals surface area contributed by atoms with E-state index < -0.39 is 0 Å². The molecule has 0 saturated carbocycles. The Labute approximate surface area is 127 Å². The number of aliphatic hydroxyl groups is 1. The fourth-order valence-electron chi connectivity index (χ4n) is 1.68. The van der Waals surface area contributed by atoms with Crippen molar-refractivity contribution in [3.05, 3.63) is 45.6 Å². The van der Waals surface area contributed by atoms with Gasteiger partial charge in [-0.25, -0.2) is 0 Å². The Morgan fingerprint density at radius 1 is 1.29 bits per heavy atom. The maximum Gasteiger partial charge on any atom is 0.124 e. The molecule has 106 valence electrons. The van der Waals surface area contributed by atoms with Gasteiger partial charge in [0.15, 0.2) is 0 Å². The summed E-state index contributed by atoms with van der Waals surface area (Å²) < 4.78 is 10.8. The number of methoxy groups -OCH3 is 1. The second-order valence-electron chi connectivity index (χ2n) is 4.02. The Kier molecular flexibility index (Phi) is 5.22. The quantitative estimate of drug-likeness (QED) is 0.881. The predicted molar refractivity (Wildman–Crippen MR) is 80.3 cm³/mol. The first-order valence-electron chi connectivity index (χ1n) is 6.15. The van der Waals surface area contributed by atoms with E-state index >= 15 is 0 Å². The second-order valence-corrected chi connectivity index (χ2v) is 5.02. The molecule has 1 heterocycles. The maximum absolute atomic E-state index is 8.97. The van der Waals surface area contributed by atoms with E-state index in [-0.39, 0.29) is 6.61 Å². The molecule has 0 bridgehead atoms. The van der Waals surface area contributed by atoms with E-state index in [2.05, 4.69) is 17.9 Å². The van der Waals surface area contributed by atoms with Crippen LogP contribution in [0.2, 0.25) is 0 Å². The number of hydrogen-bond acceptors (Lipinski definition) is 5. The van der Waals surface area contributed by atoms with Crippen LogP contribution in [0.1, 0.15) is 16.0 Å². The summed E-state index contributed by atoms with van der Waals surface area (Å²) in [4.78, 5) is 0.970. The molecule has 0 atom stereocenters. The third-order valence-electron chi connectivity index (χ3n) is 2.66. The molecule has 1 aromatic heterocycles. The molecule has 2 rings (SSSR count). The van der Waals surface area contributed by atoms with Gasteiger partial charge in [0.05, 0.1) is 23.6 Å². The molecular weight excluding hydrogens is 286 g/mol. The molecule has 0 spiro atoms. The lowest BCUT2D eigenvalue weighted by atomic mass is 10.2. The lowest BCUT2D eigenvalue weighted by molar-refractivity contribution is 0.306. The smallest absolute Gasteiger partial charge is 0.124 e. The predicted octanol–water partition coefficient (Wildman–Crippen LogP) is 2.55. The zero-order chi connectivity index (χ0) is 15.1. The Morgan fingerprint density at radius 2 is 2.10 bits per heavy atom. The summed E-state index contributed by atoms with van der Waals surface area (Å²) in [5.74, 6) is 6.65. The number of hydrogen-bond donors (Lipinski definition) is 1. The monoisotopic (exact) mass is 299 g/mol. The van der Waals surface area contributed by atoms with Crippen molar-refractivity contribution in [2.24, 2.45) is 0 Å². The van der Waals surface area contributed by atoms with Gasteiger partial charge in [-0.2, -0.15) is 5.26 Å². The molecule has 5 heteroatoms. The van der Waals surface area contributed by atoms with Crippen molar-refractivity contribution >= 4 is 11.3 Å². The number of nitriles is 1. The average Bonchev–Trinajstić information content (AvgIpc) is 2.97. The summed E-state index contributed by atoms with van der Waals surface area (Å²) >= 11 is 1.53. The van der Waals surface area contributed by atoms with Crippen LogP contribution < -0.4 is 9.47 Å². The SMILES string of the molecule is COc1cc(C#N)cc(OCc2sccc2C#CCO)c1. The van der Waals surface area contributed by atoms with Crippen LogP contribution in [-0.2, 0) is 6.61 Å². The molecule has 0 amide bonds. The van der Waals surface area contributed by atoms with E-state index in [1.807, 2.05) is 11.4 Å². The third-order valence-corrected chi connectivity index (χ3v) is 3.56. The van der Waals surface area contributed by atoms with Crippen LogP contribution in [0.4, 0.5) is 0 Å². The van der Waals surface area contributed by atoms with Gasteiger partial charge in [0.2, 0.25) is 0 Å². The summed E-state index contributed by atoms with van der Waals surface area (Å²) in [5.41, 5.74) is 1.33. The molecule has 4 nitrogen and oxygen atoms in total. The van der Waals surface area contributed by atoms with Crippen LogP contribution in [0, 0.1) is 23.2 Å². The average molecular weight is 299 g/mol. The molecule has 0 aliphatic heterocycles. The van der Waals surface area contributed by atoms with Gasteiger partial charge in [-0.05, 0) is 23.6 Å². The highest BCUT2D eigenvalue weighted by atomic mass is 32.1. The minimum absolute atomic E-state index is 0.169. The first-order chi connectivity index (χ1) is 10.3. The summed E-state index contributed by atoms with van der Waals surface area (Å²) in [7, 11) is 1.54. The Hall–Kier alpha value is -2.47. The minimum atomic E-state index is -0.169. The normalized spacial score (nSPS) is 9.38. The summed E-state index contributed by atoms with van der Waals surface area (Å²) in [6, 6.07) is 8.99. The third kappa shape index (κ3) is 4.00. The van der Waals surface area contributed by atoms with Crippen molar-refractivity contribution in [2.75, 3.05) is 13.7 Å². The minimum Gasteiger partial charge on any atom is -0.497 e. The number of nitrogens with zero attached hydrogens (tertiary/aromatic N) is 1. The second kappa shape index (κ2) is 7.35. The molecule has 0 saturated heterocycles. The first-order valence-corrected chi connectivity index (χ1v) is 7.03. The van der Waals surface area contributed by atoms with Gasteiger partial charge in [-0.15, -0.1) is 11.3 Å². The molecule has 0 fully saturated rings. The largest absolute Gasteiger partial charge is 0.497 e. The van der Waals surface area contributed by atoms with E-state index in [0.717, 1.165) is 10.4 Å². The van der Waals surface area contributed by atoms with Gasteiger partial charge >= 0.3 is 0 Å². The molecule has 2 aromatic rings. The van der Waals surface area contributed by atoms with Crippen molar-refractivity contribution in [1.29, 1.82) is 5.26 Å². The standard InChI is InChI=1S/C16H13NO3S/c1-19-14-7-12(10-17)8-15(9-14)20-11-16-13(3-2-5-18)4-6-21-16/h4,6-9,18H,5,11H2,1H3. The number of rotatable bonds is 4. The highest BCUT2D eigenvalue weighted by Gasteiger charge is 2.06. The highest BCUT2D eigenvalue weighted by Crippen LogP contribution is 2.24. The van der Waals surface area contributed by atoms with Gasteiger partial charge < -0.3 is 14.6 Å². The van der Waals surface area contributed by atoms with Crippen molar-refractivity contribution in [3.8, 4) is 29.4 Å². The lowest BCUT2D eigenvalue weighted by Gasteiger charge is -2.08. The lowest BCUT2D eigenvalue weighted by Crippen LogP contribution is -1.96. The van der Waals surface area contributed by atoms with E-state index in [9.17, 15) is 0 Å². The Balaban J connectivity index is 2.13. The number of ether oxygens (including phenoxy) is 2. The Bertz CT molecular complexity index is 719. The zero-order valence-electron chi connectivity index (χ0n) is 11.4. The van der Waals surface area contributed by atoms with Crippen LogP contribution in [-0.4, -0.2) is 18.8 Å². The fraction of sp³-hybridized carbons (Fsp3) is 0.188. The number of thiophene rings is 1. The van der Waals surface area contributed by atoms with Gasteiger partial charge in [-0.1, -0.05) is 11.8 Å². The van der Waals surface area contributed by atoms with Crippen molar-refractivity contribution in [1.82, 2.24) is 0 Å². The van der Waals surface area contributed by atoms with Crippen LogP contribution >= 0.6 is 11.3 Å². The van der Waals surface area contributed by atoms with E-state index in [1.54, 1.807) is 25.3 Å².